The van der Waals surface area contributed by atoms with Crippen LogP contribution < -0.4 is 0 Å². The van der Waals surface area contributed by atoms with Crippen LogP contribution in [0, 0.1) is 5.82 Å². The Hall–Kier alpha value is -2.42. The number of rotatable bonds is 3. The average molecular weight is 256 g/mol. The van der Waals surface area contributed by atoms with Crippen LogP contribution in [0.5, 0.6) is 5.75 Å². The van der Waals surface area contributed by atoms with E-state index in [9.17, 15) is 14.3 Å². The number of hydrogen-bond donors (Lipinski definition) is 1. The molecule has 0 saturated heterocycles. The number of allylic oxidation sites excluding steroid dienone is 1. The zero-order chi connectivity index (χ0) is 13.8. The minimum atomic E-state index is -0.306. The average Bonchev–Trinajstić information content (AvgIpc) is 2.41. The fourth-order valence-electron chi connectivity index (χ4n) is 1.72. The van der Waals surface area contributed by atoms with E-state index in [1.165, 1.54) is 24.3 Å². The SMILES string of the molecule is C/C(=C\c1ccc(F)cc1)C(=O)c1ccc(O)cc1. The van der Waals surface area contributed by atoms with Crippen molar-refractivity contribution < 1.29 is 14.3 Å². The highest BCUT2D eigenvalue weighted by Gasteiger charge is 2.07. The Bertz CT molecular complexity index is 610. The molecule has 0 unspecified atom stereocenters. The number of benzene rings is 2. The zero-order valence-electron chi connectivity index (χ0n) is 10.4. The Morgan fingerprint density at radius 2 is 1.63 bits per heavy atom. The summed E-state index contributed by atoms with van der Waals surface area (Å²) in [6.45, 7) is 1.71. The number of Topliss-reactive ketones (excluding diaryl/α,β-unsaturated/α-hetero) is 1. The third kappa shape index (κ3) is 3.28. The van der Waals surface area contributed by atoms with E-state index >= 15 is 0 Å². The summed E-state index contributed by atoms with van der Waals surface area (Å²) in [5.41, 5.74) is 1.83. The molecule has 0 atom stereocenters. The molecule has 0 heterocycles. The van der Waals surface area contributed by atoms with E-state index in [-0.39, 0.29) is 17.3 Å². The van der Waals surface area contributed by atoms with Gasteiger partial charge in [-0.25, -0.2) is 4.39 Å². The molecular formula is C16H13FO2. The van der Waals surface area contributed by atoms with Crippen LogP contribution in [0.15, 0.2) is 54.1 Å². The number of phenols is 1. The second-order valence-electron chi connectivity index (χ2n) is 4.25. The van der Waals surface area contributed by atoms with Crippen molar-refractivity contribution in [1.82, 2.24) is 0 Å². The maximum atomic E-state index is 12.8. The summed E-state index contributed by atoms with van der Waals surface area (Å²) in [6, 6.07) is 12.0. The van der Waals surface area contributed by atoms with Gasteiger partial charge in [-0.1, -0.05) is 12.1 Å². The van der Waals surface area contributed by atoms with E-state index in [0.717, 1.165) is 5.56 Å². The fourth-order valence-corrected chi connectivity index (χ4v) is 1.72. The largest absolute Gasteiger partial charge is 0.508 e. The lowest BCUT2D eigenvalue weighted by Gasteiger charge is -2.02. The van der Waals surface area contributed by atoms with Crippen LogP contribution in [-0.4, -0.2) is 10.9 Å². The molecule has 0 fully saturated rings. The number of aromatic hydroxyl groups is 1. The van der Waals surface area contributed by atoms with Crippen molar-refractivity contribution in [1.29, 1.82) is 0 Å². The van der Waals surface area contributed by atoms with Crippen LogP contribution in [0.25, 0.3) is 6.08 Å². The van der Waals surface area contributed by atoms with E-state index < -0.39 is 0 Å². The predicted octanol–water partition coefficient (Wildman–Crippen LogP) is 3.82. The van der Waals surface area contributed by atoms with Gasteiger partial charge in [0, 0.05) is 5.56 Å². The van der Waals surface area contributed by atoms with Crippen LogP contribution in [0.2, 0.25) is 0 Å². The van der Waals surface area contributed by atoms with Crippen LogP contribution >= 0.6 is 0 Å². The first-order valence-electron chi connectivity index (χ1n) is 5.84. The van der Waals surface area contributed by atoms with Gasteiger partial charge in [-0.3, -0.25) is 4.79 Å². The van der Waals surface area contributed by atoms with Crippen LogP contribution in [-0.2, 0) is 0 Å². The van der Waals surface area contributed by atoms with Crippen molar-refractivity contribution in [3.63, 3.8) is 0 Å². The second-order valence-corrected chi connectivity index (χ2v) is 4.25. The number of ketones is 1. The Labute approximate surface area is 110 Å². The van der Waals surface area contributed by atoms with Crippen LogP contribution in [0.3, 0.4) is 0 Å². The molecule has 96 valence electrons. The van der Waals surface area contributed by atoms with Gasteiger partial charge in [-0.2, -0.15) is 0 Å². The third-order valence-electron chi connectivity index (χ3n) is 2.74. The molecule has 0 aromatic heterocycles. The lowest BCUT2D eigenvalue weighted by molar-refractivity contribution is 0.103. The molecule has 2 rings (SSSR count). The maximum Gasteiger partial charge on any atom is 0.188 e. The van der Waals surface area contributed by atoms with Gasteiger partial charge in [0.15, 0.2) is 5.78 Å². The maximum absolute atomic E-state index is 12.8. The molecule has 0 aliphatic rings. The van der Waals surface area contributed by atoms with Gasteiger partial charge in [-0.15, -0.1) is 0 Å². The number of halogens is 1. The molecule has 1 N–H and O–H groups in total. The van der Waals surface area contributed by atoms with Crippen molar-refractivity contribution in [3.8, 4) is 5.75 Å². The topological polar surface area (TPSA) is 37.3 Å². The molecule has 3 heteroatoms. The van der Waals surface area contributed by atoms with E-state index in [1.54, 1.807) is 37.3 Å². The van der Waals surface area contributed by atoms with Gasteiger partial charge >= 0.3 is 0 Å². The molecule has 0 radical (unpaired) electrons. The molecule has 2 aromatic rings. The second kappa shape index (κ2) is 5.48. The summed E-state index contributed by atoms with van der Waals surface area (Å²) in [4.78, 5) is 12.1. The molecular weight excluding hydrogens is 243 g/mol. The van der Waals surface area contributed by atoms with Crippen LogP contribution in [0.4, 0.5) is 4.39 Å². The highest BCUT2D eigenvalue weighted by Crippen LogP contribution is 2.15. The highest BCUT2D eigenvalue weighted by molar-refractivity contribution is 6.10. The first-order valence-corrected chi connectivity index (χ1v) is 5.84. The summed E-state index contributed by atoms with van der Waals surface area (Å²) >= 11 is 0. The number of carbonyl (C=O) groups excluding carboxylic acids is 1. The first kappa shape index (κ1) is 13.0. The standard InChI is InChI=1S/C16H13FO2/c1-11(10-12-2-6-14(17)7-3-12)16(19)13-4-8-15(18)9-5-13/h2-10,18H,1H3/b11-10+. The van der Waals surface area contributed by atoms with Crippen molar-refractivity contribution in [2.75, 3.05) is 0 Å². The Morgan fingerprint density at radius 3 is 2.21 bits per heavy atom. The minimum Gasteiger partial charge on any atom is -0.508 e. The summed E-state index contributed by atoms with van der Waals surface area (Å²) in [5, 5.41) is 9.18. The quantitative estimate of drug-likeness (QED) is 0.669. The van der Waals surface area contributed by atoms with Gasteiger partial charge in [0.1, 0.15) is 11.6 Å². The molecule has 2 aromatic carbocycles. The van der Waals surface area contributed by atoms with Gasteiger partial charge in [0.2, 0.25) is 0 Å². The lowest BCUT2D eigenvalue weighted by Crippen LogP contribution is -2.00. The fraction of sp³-hybridized carbons (Fsp3) is 0.0625. The molecule has 0 spiro atoms. The molecule has 19 heavy (non-hydrogen) atoms. The lowest BCUT2D eigenvalue weighted by atomic mass is 10.0. The Balaban J connectivity index is 2.23. The van der Waals surface area contributed by atoms with Gasteiger partial charge in [0.25, 0.3) is 0 Å². The van der Waals surface area contributed by atoms with E-state index in [1.807, 2.05) is 0 Å². The van der Waals surface area contributed by atoms with Crippen molar-refractivity contribution in [2.45, 2.75) is 6.92 Å². The molecule has 0 amide bonds. The zero-order valence-corrected chi connectivity index (χ0v) is 10.4. The number of phenolic OH excluding ortho intramolecular Hbond substituents is 1. The normalized spacial score (nSPS) is 11.4. The summed E-state index contributed by atoms with van der Waals surface area (Å²) in [7, 11) is 0. The molecule has 0 saturated carbocycles. The van der Waals surface area contributed by atoms with Crippen molar-refractivity contribution in [2.24, 2.45) is 0 Å². The van der Waals surface area contributed by atoms with Crippen molar-refractivity contribution >= 4 is 11.9 Å². The van der Waals surface area contributed by atoms with Gasteiger partial charge < -0.3 is 5.11 Å². The molecule has 0 aliphatic carbocycles. The summed E-state index contributed by atoms with van der Waals surface area (Å²) < 4.78 is 12.8. The van der Waals surface area contributed by atoms with Crippen molar-refractivity contribution in [3.05, 3.63) is 71.0 Å². The van der Waals surface area contributed by atoms with Crippen LogP contribution in [0.1, 0.15) is 22.8 Å². The monoisotopic (exact) mass is 256 g/mol. The molecule has 0 aliphatic heterocycles. The number of carbonyl (C=O) groups is 1. The van der Waals surface area contributed by atoms with Gasteiger partial charge in [0.05, 0.1) is 0 Å². The highest BCUT2D eigenvalue weighted by atomic mass is 19.1. The first-order chi connectivity index (χ1) is 9.06. The summed E-state index contributed by atoms with van der Waals surface area (Å²) in [6.07, 6.45) is 1.70. The summed E-state index contributed by atoms with van der Waals surface area (Å²) in [5.74, 6) is -0.305. The van der Waals surface area contributed by atoms with E-state index in [4.69, 9.17) is 0 Å². The minimum absolute atomic E-state index is 0.121. The molecule has 2 nitrogen and oxygen atoms in total. The third-order valence-corrected chi connectivity index (χ3v) is 2.74. The van der Waals surface area contributed by atoms with E-state index in [2.05, 4.69) is 0 Å². The predicted molar refractivity (Wildman–Crippen MR) is 72.5 cm³/mol. The van der Waals surface area contributed by atoms with E-state index in [0.29, 0.717) is 11.1 Å². The number of hydrogen-bond acceptors (Lipinski definition) is 2. The van der Waals surface area contributed by atoms with Gasteiger partial charge in [-0.05, 0) is 60.5 Å². The Morgan fingerprint density at radius 1 is 1.05 bits per heavy atom. The smallest absolute Gasteiger partial charge is 0.188 e. The molecule has 0 bridgehead atoms. The Kier molecular flexibility index (Phi) is 3.76.